The van der Waals surface area contributed by atoms with E-state index in [2.05, 4.69) is 30.4 Å². The summed E-state index contributed by atoms with van der Waals surface area (Å²) in [5.74, 6) is -0.767. The normalized spacial score (nSPS) is 22.1. The molecule has 1 aromatic carbocycles. The molecular weight excluding hydrogens is 504 g/mol. The van der Waals surface area contributed by atoms with Crippen molar-refractivity contribution >= 4 is 46.7 Å². The van der Waals surface area contributed by atoms with Crippen molar-refractivity contribution in [1.82, 2.24) is 9.47 Å². The van der Waals surface area contributed by atoms with Crippen LogP contribution in [0.4, 0.5) is 14.9 Å². The topological polar surface area (TPSA) is 75.0 Å². The van der Waals surface area contributed by atoms with Crippen molar-refractivity contribution in [2.45, 2.75) is 51.7 Å². The minimum Gasteiger partial charge on any atom is -0.449 e. The Balaban J connectivity index is 0.00000256. The van der Waals surface area contributed by atoms with Crippen molar-refractivity contribution in [3.8, 4) is 5.75 Å². The number of carboxylic acid groups (broad SMARTS) is 1. The highest BCUT2D eigenvalue weighted by Gasteiger charge is 2.31. The first kappa shape index (κ1) is 22.8. The number of aromatic nitrogens is 1. The molecule has 30 heavy (non-hydrogen) atoms. The third-order valence-corrected chi connectivity index (χ3v) is 6.01. The molecule has 1 saturated heterocycles. The van der Waals surface area contributed by atoms with E-state index in [0.717, 1.165) is 19.4 Å². The molecule has 4 rings (SSSR count). The van der Waals surface area contributed by atoms with Gasteiger partial charge >= 0.3 is 6.16 Å². The monoisotopic (exact) mass is 531 g/mol. The van der Waals surface area contributed by atoms with Crippen LogP contribution in [0.1, 0.15) is 39.7 Å². The minimum absolute atomic E-state index is 0. The average molecular weight is 531 g/mol. The molecule has 0 amide bonds. The van der Waals surface area contributed by atoms with Crippen LogP contribution < -0.4 is 15.1 Å². The first-order valence-corrected chi connectivity index (χ1v) is 10.1. The van der Waals surface area contributed by atoms with E-state index in [1.807, 2.05) is 9.47 Å². The van der Waals surface area contributed by atoms with Gasteiger partial charge in [0.1, 0.15) is 5.82 Å². The second-order valence-electron chi connectivity index (χ2n) is 8.08. The Bertz CT molecular complexity index is 1010. The number of rotatable bonds is 4. The Kier molecular flexibility index (Phi) is 6.61. The molecule has 9 heteroatoms. The third-order valence-electron chi connectivity index (χ3n) is 6.01. The number of hydrogen-bond donors (Lipinski definition) is 1. The van der Waals surface area contributed by atoms with E-state index in [1.54, 1.807) is 6.07 Å². The minimum atomic E-state index is -1.56. The predicted octanol–water partition coefficient (Wildman–Crippen LogP) is 4.07. The van der Waals surface area contributed by atoms with Gasteiger partial charge in [-0.3, -0.25) is 9.69 Å². The summed E-state index contributed by atoms with van der Waals surface area (Å²) < 4.78 is 21.6. The average Bonchev–Trinajstić information content (AvgIpc) is 3.48. The smallest absolute Gasteiger partial charge is 0.449 e. The summed E-state index contributed by atoms with van der Waals surface area (Å²) in [6.45, 7) is 8.76. The lowest BCUT2D eigenvalue weighted by Crippen LogP contribution is -2.56. The molecule has 1 saturated carbocycles. The fourth-order valence-corrected chi connectivity index (χ4v) is 4.57. The van der Waals surface area contributed by atoms with Crippen LogP contribution in [0.15, 0.2) is 23.1 Å². The summed E-state index contributed by atoms with van der Waals surface area (Å²) in [6, 6.07) is 3.70. The number of anilines is 1. The highest BCUT2D eigenvalue weighted by atomic mass is 127. The summed E-state index contributed by atoms with van der Waals surface area (Å²) in [7, 11) is 0. The lowest BCUT2D eigenvalue weighted by molar-refractivity contribution is 0.139. The first-order valence-electron chi connectivity index (χ1n) is 10.1. The van der Waals surface area contributed by atoms with Crippen molar-refractivity contribution < 1.29 is 19.0 Å². The summed E-state index contributed by atoms with van der Waals surface area (Å²) >= 11 is 0. The zero-order valence-corrected chi connectivity index (χ0v) is 19.6. The molecule has 1 aromatic heterocycles. The zero-order valence-electron chi connectivity index (χ0n) is 17.3. The lowest BCUT2D eigenvalue weighted by Gasteiger charge is -2.45. The lowest BCUT2D eigenvalue weighted by atomic mass is 10.1. The number of carbonyl (C=O) groups is 1. The first-order chi connectivity index (χ1) is 13.8. The molecule has 2 aliphatic rings. The molecule has 2 unspecified atom stereocenters. The Morgan fingerprint density at radius 1 is 1.23 bits per heavy atom. The predicted molar refractivity (Wildman–Crippen MR) is 124 cm³/mol. The zero-order chi connectivity index (χ0) is 20.9. The largest absolute Gasteiger partial charge is 0.511 e. The van der Waals surface area contributed by atoms with Gasteiger partial charge in [-0.25, -0.2) is 9.18 Å². The molecule has 1 aliphatic heterocycles. The van der Waals surface area contributed by atoms with E-state index in [9.17, 15) is 9.59 Å². The fraction of sp³-hybridized carbons (Fsp3) is 0.524. The standard InChI is InChI=1S/C21H26FN3O4.HI/c1-4-24-12(2)9-23(10-13(24)3)18-8-17-15(7-16(18)22)20(26)19(29-21(27)28)11-25(17)14-5-6-14;/h7-8,11-14H,4-6,9-10H2,1-3H3,(H,27,28);1H. The summed E-state index contributed by atoms with van der Waals surface area (Å²) in [5, 5.41) is 9.06. The molecule has 1 aliphatic carbocycles. The van der Waals surface area contributed by atoms with E-state index in [4.69, 9.17) is 5.11 Å². The molecule has 0 radical (unpaired) electrons. The van der Waals surface area contributed by atoms with Gasteiger partial charge in [-0.2, -0.15) is 0 Å². The summed E-state index contributed by atoms with van der Waals surface area (Å²) in [5.41, 5.74) is 0.486. The second-order valence-corrected chi connectivity index (χ2v) is 8.08. The van der Waals surface area contributed by atoms with Gasteiger partial charge in [0.05, 0.1) is 22.8 Å². The number of ether oxygens (including phenoxy) is 1. The molecule has 2 heterocycles. The quantitative estimate of drug-likeness (QED) is 0.474. The van der Waals surface area contributed by atoms with Crippen LogP contribution in [0.5, 0.6) is 5.75 Å². The Labute approximate surface area is 191 Å². The van der Waals surface area contributed by atoms with Crippen LogP contribution in [0.3, 0.4) is 0 Å². The van der Waals surface area contributed by atoms with E-state index >= 15 is 4.39 Å². The molecule has 164 valence electrons. The van der Waals surface area contributed by atoms with Gasteiger partial charge in [-0.15, -0.1) is 24.0 Å². The Morgan fingerprint density at radius 3 is 2.40 bits per heavy atom. The van der Waals surface area contributed by atoms with Crippen molar-refractivity contribution in [2.75, 3.05) is 24.5 Å². The number of benzene rings is 1. The Hall–Kier alpha value is -1.88. The van der Waals surface area contributed by atoms with Gasteiger partial charge in [0.25, 0.3) is 0 Å². The molecule has 1 N–H and O–H groups in total. The molecular formula is C21H27FIN3O4. The highest BCUT2D eigenvalue weighted by molar-refractivity contribution is 14.0. The molecule has 2 fully saturated rings. The maximum absolute atomic E-state index is 15.1. The molecule has 0 spiro atoms. The van der Waals surface area contributed by atoms with Gasteiger partial charge in [0.2, 0.25) is 5.43 Å². The van der Waals surface area contributed by atoms with Crippen molar-refractivity contribution in [1.29, 1.82) is 0 Å². The second kappa shape index (κ2) is 8.70. The highest BCUT2D eigenvalue weighted by Crippen LogP contribution is 2.39. The Morgan fingerprint density at radius 2 is 1.87 bits per heavy atom. The van der Waals surface area contributed by atoms with E-state index < -0.39 is 17.4 Å². The van der Waals surface area contributed by atoms with Crippen LogP contribution >= 0.6 is 24.0 Å². The van der Waals surface area contributed by atoms with Crippen molar-refractivity contribution in [2.24, 2.45) is 0 Å². The fourth-order valence-electron chi connectivity index (χ4n) is 4.57. The van der Waals surface area contributed by atoms with E-state index in [-0.39, 0.29) is 53.2 Å². The van der Waals surface area contributed by atoms with Gasteiger partial charge in [0, 0.05) is 31.2 Å². The van der Waals surface area contributed by atoms with Gasteiger partial charge < -0.3 is 19.3 Å². The van der Waals surface area contributed by atoms with Gasteiger partial charge in [-0.1, -0.05) is 6.92 Å². The molecule has 0 bridgehead atoms. The molecule has 2 aromatic rings. The van der Waals surface area contributed by atoms with Crippen LogP contribution in [-0.4, -0.2) is 52.4 Å². The number of halogens is 2. The van der Waals surface area contributed by atoms with Crippen molar-refractivity contribution in [3.63, 3.8) is 0 Å². The number of pyridine rings is 1. The number of piperazine rings is 1. The number of fused-ring (bicyclic) bond motifs is 1. The molecule has 2 atom stereocenters. The number of likely N-dealkylation sites (N-methyl/N-ethyl adjacent to an activating group) is 1. The SMILES string of the molecule is CCN1C(C)CN(c2cc3c(cc2F)c(=O)c(OC(=O)O)cn3C2CC2)CC1C.I. The summed E-state index contributed by atoms with van der Waals surface area (Å²) in [4.78, 5) is 28.1. The van der Waals surface area contributed by atoms with Crippen molar-refractivity contribution in [3.05, 3.63) is 34.4 Å². The number of nitrogens with zero attached hydrogens (tertiary/aromatic N) is 3. The molecule has 7 nitrogen and oxygen atoms in total. The maximum atomic E-state index is 15.1. The van der Waals surface area contributed by atoms with E-state index in [0.29, 0.717) is 24.3 Å². The van der Waals surface area contributed by atoms with E-state index in [1.165, 1.54) is 12.3 Å². The summed E-state index contributed by atoms with van der Waals surface area (Å²) in [6.07, 6.45) is 1.75. The third kappa shape index (κ3) is 4.14. The van der Waals surface area contributed by atoms with Gasteiger partial charge in [-0.05, 0) is 45.4 Å². The van der Waals surface area contributed by atoms with Crippen LogP contribution in [0.2, 0.25) is 0 Å². The van der Waals surface area contributed by atoms with Crippen LogP contribution in [0, 0.1) is 5.82 Å². The van der Waals surface area contributed by atoms with Crippen LogP contribution in [-0.2, 0) is 0 Å². The number of hydrogen-bond acceptors (Lipinski definition) is 5. The van der Waals surface area contributed by atoms with Crippen LogP contribution in [0.25, 0.3) is 10.9 Å². The maximum Gasteiger partial charge on any atom is 0.511 e. The van der Waals surface area contributed by atoms with Gasteiger partial charge in [0.15, 0.2) is 5.75 Å².